The minimum Gasteiger partial charge on any atom is -0.378 e. The van der Waals surface area contributed by atoms with E-state index in [-0.39, 0.29) is 29.3 Å². The molecule has 1 aliphatic heterocycles. The van der Waals surface area contributed by atoms with Crippen LogP contribution in [0.15, 0.2) is 0 Å². The zero-order valence-electron chi connectivity index (χ0n) is 10.6. The Morgan fingerprint density at radius 3 is 2.65 bits per heavy atom. The monoisotopic (exact) mass is 239 g/mol. The summed E-state index contributed by atoms with van der Waals surface area (Å²) in [6, 6.07) is 0. The number of rotatable bonds is 4. The fourth-order valence-electron chi connectivity index (χ4n) is 3.35. The molecule has 2 fully saturated rings. The van der Waals surface area contributed by atoms with E-state index >= 15 is 0 Å². The lowest BCUT2D eigenvalue weighted by Crippen LogP contribution is -2.59. The lowest BCUT2D eigenvalue weighted by Gasteiger charge is -2.53. The van der Waals surface area contributed by atoms with Crippen molar-refractivity contribution in [3.8, 4) is 0 Å². The Labute approximate surface area is 102 Å². The number of nitrogens with one attached hydrogen (secondary N) is 1. The van der Waals surface area contributed by atoms with Crippen LogP contribution in [-0.4, -0.2) is 24.5 Å². The van der Waals surface area contributed by atoms with Crippen LogP contribution >= 0.6 is 0 Å². The van der Waals surface area contributed by atoms with Gasteiger partial charge < -0.3 is 4.74 Å². The van der Waals surface area contributed by atoms with Gasteiger partial charge in [-0.3, -0.25) is 14.9 Å². The van der Waals surface area contributed by atoms with Crippen LogP contribution in [0.4, 0.5) is 0 Å². The second-order valence-electron chi connectivity index (χ2n) is 5.28. The lowest BCUT2D eigenvalue weighted by atomic mass is 9.55. The number of amides is 2. The summed E-state index contributed by atoms with van der Waals surface area (Å²) in [4.78, 5) is 23.4. The van der Waals surface area contributed by atoms with Crippen molar-refractivity contribution in [2.24, 2.45) is 11.3 Å². The molecule has 2 amide bonds. The fraction of sp³-hybridized carbons (Fsp3) is 0.846. The minimum atomic E-state index is -0.114. The Hall–Kier alpha value is -0.900. The van der Waals surface area contributed by atoms with Crippen molar-refractivity contribution in [3.63, 3.8) is 0 Å². The summed E-state index contributed by atoms with van der Waals surface area (Å²) in [6.45, 7) is 4.77. The fourth-order valence-corrected chi connectivity index (χ4v) is 3.35. The Bertz CT molecular complexity index is 321. The van der Waals surface area contributed by atoms with Crippen LogP contribution < -0.4 is 5.32 Å². The molecule has 1 spiro atoms. The summed E-state index contributed by atoms with van der Waals surface area (Å²) in [6.07, 6.45) is 4.33. The first-order chi connectivity index (χ1) is 8.11. The normalized spacial score (nSPS) is 36.8. The molecule has 2 aliphatic rings. The van der Waals surface area contributed by atoms with Crippen LogP contribution in [0.25, 0.3) is 0 Å². The van der Waals surface area contributed by atoms with Gasteiger partial charge in [0.25, 0.3) is 0 Å². The molecule has 1 saturated heterocycles. The summed E-state index contributed by atoms with van der Waals surface area (Å²) in [5.74, 6) is -0.183. The standard InChI is InChI=1S/C13H21NO3/c1-3-5-10-12(16)14-11(15)8-13(10)6-9(7-13)17-4-2/h9-10H,3-8H2,1-2H3,(H,14,15,16). The molecule has 1 heterocycles. The Kier molecular flexibility index (Phi) is 3.52. The number of hydrogen-bond donors (Lipinski definition) is 1. The van der Waals surface area contributed by atoms with Crippen molar-refractivity contribution in [1.29, 1.82) is 0 Å². The predicted octanol–water partition coefficient (Wildman–Crippen LogP) is 1.63. The van der Waals surface area contributed by atoms with Crippen molar-refractivity contribution in [3.05, 3.63) is 0 Å². The van der Waals surface area contributed by atoms with Crippen molar-refractivity contribution in [2.45, 2.75) is 52.1 Å². The van der Waals surface area contributed by atoms with Crippen LogP contribution in [-0.2, 0) is 14.3 Å². The van der Waals surface area contributed by atoms with Gasteiger partial charge in [-0.05, 0) is 31.6 Å². The maximum absolute atomic E-state index is 11.9. The number of ether oxygens (including phenoxy) is 1. The molecule has 1 atom stereocenters. The third-order valence-corrected chi connectivity index (χ3v) is 4.08. The molecule has 4 heteroatoms. The molecule has 17 heavy (non-hydrogen) atoms. The molecule has 1 saturated carbocycles. The van der Waals surface area contributed by atoms with Crippen molar-refractivity contribution in [2.75, 3.05) is 6.61 Å². The summed E-state index contributed by atoms with van der Waals surface area (Å²) in [7, 11) is 0. The summed E-state index contributed by atoms with van der Waals surface area (Å²) < 4.78 is 5.56. The number of imide groups is 1. The van der Waals surface area contributed by atoms with E-state index in [1.54, 1.807) is 0 Å². The highest BCUT2D eigenvalue weighted by atomic mass is 16.5. The zero-order chi connectivity index (χ0) is 12.5. The largest absolute Gasteiger partial charge is 0.378 e. The Morgan fingerprint density at radius 1 is 1.35 bits per heavy atom. The van der Waals surface area contributed by atoms with Gasteiger partial charge in [-0.25, -0.2) is 0 Å². The second kappa shape index (κ2) is 4.77. The highest BCUT2D eigenvalue weighted by Crippen LogP contribution is 2.54. The van der Waals surface area contributed by atoms with Crippen molar-refractivity contribution in [1.82, 2.24) is 5.32 Å². The Morgan fingerprint density at radius 2 is 2.06 bits per heavy atom. The number of hydrogen-bond acceptors (Lipinski definition) is 3. The molecule has 0 aromatic rings. The third-order valence-electron chi connectivity index (χ3n) is 4.08. The molecule has 1 aliphatic carbocycles. The highest BCUT2D eigenvalue weighted by molar-refractivity contribution is 5.99. The van der Waals surface area contributed by atoms with E-state index in [0.29, 0.717) is 13.0 Å². The second-order valence-corrected chi connectivity index (χ2v) is 5.28. The van der Waals surface area contributed by atoms with Gasteiger partial charge in [0.05, 0.1) is 6.10 Å². The zero-order valence-corrected chi connectivity index (χ0v) is 10.6. The third kappa shape index (κ3) is 2.23. The van der Waals surface area contributed by atoms with Crippen LogP contribution in [0, 0.1) is 11.3 Å². The lowest BCUT2D eigenvalue weighted by molar-refractivity contribution is -0.162. The first-order valence-electron chi connectivity index (χ1n) is 6.56. The summed E-state index contributed by atoms with van der Waals surface area (Å²) in [5, 5.41) is 2.47. The Balaban J connectivity index is 2.07. The van der Waals surface area contributed by atoms with E-state index in [0.717, 1.165) is 25.7 Å². The molecule has 4 nitrogen and oxygen atoms in total. The van der Waals surface area contributed by atoms with Crippen molar-refractivity contribution >= 4 is 11.8 Å². The average molecular weight is 239 g/mol. The number of piperidine rings is 1. The van der Waals surface area contributed by atoms with E-state index in [2.05, 4.69) is 12.2 Å². The molecule has 1 N–H and O–H groups in total. The molecule has 96 valence electrons. The maximum atomic E-state index is 11.9. The summed E-state index contributed by atoms with van der Waals surface area (Å²) >= 11 is 0. The molecule has 0 aromatic carbocycles. The van der Waals surface area contributed by atoms with Gasteiger partial charge in [0.15, 0.2) is 0 Å². The van der Waals surface area contributed by atoms with Gasteiger partial charge in [0.1, 0.15) is 0 Å². The summed E-state index contributed by atoms with van der Waals surface area (Å²) in [5.41, 5.74) is -0.102. The van der Waals surface area contributed by atoms with E-state index in [1.165, 1.54) is 0 Å². The van der Waals surface area contributed by atoms with Gasteiger partial charge in [0.2, 0.25) is 11.8 Å². The molecule has 0 radical (unpaired) electrons. The first kappa shape index (κ1) is 12.6. The van der Waals surface area contributed by atoms with Crippen LogP contribution in [0.1, 0.15) is 46.0 Å². The van der Waals surface area contributed by atoms with E-state index in [1.807, 2.05) is 6.92 Å². The average Bonchev–Trinajstić information content (AvgIpc) is 2.21. The number of carbonyl (C=O) groups is 2. The van der Waals surface area contributed by atoms with E-state index in [9.17, 15) is 9.59 Å². The SMILES string of the molecule is CCCC1C(=O)NC(=O)CC12CC(OCC)C2. The molecular formula is C13H21NO3. The molecule has 0 aromatic heterocycles. The number of carbonyl (C=O) groups excluding carboxylic acids is 2. The molecule has 2 rings (SSSR count). The molecular weight excluding hydrogens is 218 g/mol. The van der Waals surface area contributed by atoms with Gasteiger partial charge in [-0.15, -0.1) is 0 Å². The van der Waals surface area contributed by atoms with Gasteiger partial charge in [0, 0.05) is 18.9 Å². The van der Waals surface area contributed by atoms with E-state index in [4.69, 9.17) is 4.74 Å². The quantitative estimate of drug-likeness (QED) is 0.759. The van der Waals surface area contributed by atoms with Crippen molar-refractivity contribution < 1.29 is 14.3 Å². The maximum Gasteiger partial charge on any atom is 0.230 e. The van der Waals surface area contributed by atoms with Crippen LogP contribution in [0.2, 0.25) is 0 Å². The predicted molar refractivity (Wildman–Crippen MR) is 63.2 cm³/mol. The first-order valence-corrected chi connectivity index (χ1v) is 6.56. The topological polar surface area (TPSA) is 55.4 Å². The smallest absolute Gasteiger partial charge is 0.230 e. The van der Waals surface area contributed by atoms with Gasteiger partial charge >= 0.3 is 0 Å². The van der Waals surface area contributed by atoms with Crippen LogP contribution in [0.3, 0.4) is 0 Å². The van der Waals surface area contributed by atoms with Gasteiger partial charge in [-0.2, -0.15) is 0 Å². The molecule has 1 unspecified atom stereocenters. The highest BCUT2D eigenvalue weighted by Gasteiger charge is 2.55. The minimum absolute atomic E-state index is 0.00176. The molecule has 0 bridgehead atoms. The van der Waals surface area contributed by atoms with E-state index < -0.39 is 0 Å². The van der Waals surface area contributed by atoms with Gasteiger partial charge in [-0.1, -0.05) is 13.3 Å². The van der Waals surface area contributed by atoms with Crippen LogP contribution in [0.5, 0.6) is 0 Å².